The van der Waals surface area contributed by atoms with Gasteiger partial charge in [0, 0.05) is 24.5 Å². The molecule has 1 amide bonds. The molecular formula is C11H16N4O2. The Balaban J connectivity index is 2.13. The van der Waals surface area contributed by atoms with Crippen molar-refractivity contribution in [3.05, 3.63) is 17.5 Å². The van der Waals surface area contributed by atoms with Crippen LogP contribution >= 0.6 is 0 Å². The standard InChI is InChI=1S/C11H16N4O2/c1-9-7-10(2)13-11(12-9)15-4-3-14(8-16)5-6-17-15/h7-8H,3-6H2,1-2H3. The molecule has 1 fully saturated rings. The number of hydrogen-bond acceptors (Lipinski definition) is 5. The molecule has 17 heavy (non-hydrogen) atoms. The van der Waals surface area contributed by atoms with Gasteiger partial charge >= 0.3 is 0 Å². The summed E-state index contributed by atoms with van der Waals surface area (Å²) in [5, 5.41) is 1.66. The first kappa shape index (κ1) is 11.8. The van der Waals surface area contributed by atoms with E-state index in [-0.39, 0.29) is 0 Å². The largest absolute Gasteiger partial charge is 0.341 e. The average molecular weight is 236 g/mol. The van der Waals surface area contributed by atoms with Crippen LogP contribution in [0.1, 0.15) is 11.4 Å². The molecule has 0 spiro atoms. The first-order chi connectivity index (χ1) is 8.19. The summed E-state index contributed by atoms with van der Waals surface area (Å²) in [5.74, 6) is 0.565. The highest BCUT2D eigenvalue weighted by molar-refractivity contribution is 5.47. The fourth-order valence-corrected chi connectivity index (χ4v) is 1.75. The molecule has 1 aromatic heterocycles. The lowest BCUT2D eigenvalue weighted by Gasteiger charge is -2.19. The number of hydrogen-bond donors (Lipinski definition) is 0. The van der Waals surface area contributed by atoms with Crippen LogP contribution in [0.2, 0.25) is 0 Å². The number of carbonyl (C=O) groups excluding carboxylic acids is 1. The van der Waals surface area contributed by atoms with Gasteiger partial charge in [0.15, 0.2) is 0 Å². The van der Waals surface area contributed by atoms with Gasteiger partial charge in [0.05, 0.1) is 13.2 Å². The summed E-state index contributed by atoms with van der Waals surface area (Å²) in [4.78, 5) is 26.6. The van der Waals surface area contributed by atoms with Crippen LogP contribution in [0.3, 0.4) is 0 Å². The third-order valence-electron chi connectivity index (χ3n) is 2.56. The van der Waals surface area contributed by atoms with E-state index in [4.69, 9.17) is 4.84 Å². The molecule has 0 aromatic carbocycles. The molecule has 0 saturated carbocycles. The number of nitrogens with zero attached hydrogens (tertiary/aromatic N) is 4. The molecule has 0 atom stereocenters. The fraction of sp³-hybridized carbons (Fsp3) is 0.545. The monoisotopic (exact) mass is 236 g/mol. The molecule has 6 nitrogen and oxygen atoms in total. The summed E-state index contributed by atoms with van der Waals surface area (Å²) in [6, 6.07) is 1.92. The van der Waals surface area contributed by atoms with E-state index in [1.807, 2.05) is 19.9 Å². The second-order valence-corrected chi connectivity index (χ2v) is 4.03. The van der Waals surface area contributed by atoms with Gasteiger partial charge in [0.25, 0.3) is 0 Å². The maximum Gasteiger partial charge on any atom is 0.250 e. The van der Waals surface area contributed by atoms with Crippen molar-refractivity contribution >= 4 is 12.4 Å². The normalized spacial score (nSPS) is 16.8. The fourth-order valence-electron chi connectivity index (χ4n) is 1.75. The molecule has 1 saturated heterocycles. The van der Waals surface area contributed by atoms with Crippen molar-refractivity contribution in [3.8, 4) is 0 Å². The minimum absolute atomic E-state index is 0.467. The molecule has 2 rings (SSSR count). The number of rotatable bonds is 2. The Morgan fingerprint density at radius 3 is 2.59 bits per heavy atom. The zero-order valence-electron chi connectivity index (χ0n) is 10.1. The Morgan fingerprint density at radius 2 is 1.94 bits per heavy atom. The van der Waals surface area contributed by atoms with Crippen molar-refractivity contribution in [1.29, 1.82) is 0 Å². The predicted octanol–water partition coefficient (Wildman–Crippen LogP) is 0.303. The molecule has 1 aliphatic rings. The summed E-state index contributed by atoms with van der Waals surface area (Å²) in [7, 11) is 0. The number of aromatic nitrogens is 2. The number of aryl methyl sites for hydroxylation is 2. The molecular weight excluding hydrogens is 220 g/mol. The second-order valence-electron chi connectivity index (χ2n) is 4.03. The molecule has 1 aliphatic heterocycles. The van der Waals surface area contributed by atoms with Crippen LogP contribution in [-0.4, -0.2) is 47.5 Å². The number of anilines is 1. The van der Waals surface area contributed by atoms with Gasteiger partial charge in [-0.25, -0.2) is 15.0 Å². The second kappa shape index (κ2) is 5.09. The first-order valence-corrected chi connectivity index (χ1v) is 5.61. The van der Waals surface area contributed by atoms with Crippen molar-refractivity contribution in [2.24, 2.45) is 0 Å². The van der Waals surface area contributed by atoms with Crippen LogP contribution in [-0.2, 0) is 9.63 Å². The summed E-state index contributed by atoms with van der Waals surface area (Å²) in [6.07, 6.45) is 0.842. The van der Waals surface area contributed by atoms with Gasteiger partial charge in [-0.1, -0.05) is 0 Å². The van der Waals surface area contributed by atoms with E-state index in [1.165, 1.54) is 0 Å². The summed E-state index contributed by atoms with van der Waals surface area (Å²) in [5.41, 5.74) is 1.82. The quantitative estimate of drug-likeness (QED) is 0.691. The highest BCUT2D eigenvalue weighted by Gasteiger charge is 2.17. The number of hydroxylamine groups is 1. The highest BCUT2D eigenvalue weighted by Crippen LogP contribution is 2.12. The average Bonchev–Trinajstić information content (AvgIpc) is 2.52. The molecule has 0 aliphatic carbocycles. The van der Waals surface area contributed by atoms with Gasteiger partial charge in [-0.2, -0.15) is 0 Å². The van der Waals surface area contributed by atoms with Crippen LogP contribution in [0.4, 0.5) is 5.95 Å². The summed E-state index contributed by atoms with van der Waals surface area (Å²) < 4.78 is 0. The van der Waals surface area contributed by atoms with Crippen LogP contribution in [0.5, 0.6) is 0 Å². The van der Waals surface area contributed by atoms with Crippen molar-refractivity contribution in [2.75, 3.05) is 31.3 Å². The Hall–Kier alpha value is -1.69. The van der Waals surface area contributed by atoms with Crippen LogP contribution in [0, 0.1) is 13.8 Å². The summed E-state index contributed by atoms with van der Waals surface area (Å²) in [6.45, 7) is 6.13. The topological polar surface area (TPSA) is 58.6 Å². The van der Waals surface area contributed by atoms with Gasteiger partial charge in [0.2, 0.25) is 12.4 Å². The zero-order chi connectivity index (χ0) is 12.3. The van der Waals surface area contributed by atoms with Crippen molar-refractivity contribution in [2.45, 2.75) is 13.8 Å². The molecule has 2 heterocycles. The van der Waals surface area contributed by atoms with Gasteiger partial charge in [0.1, 0.15) is 0 Å². The van der Waals surface area contributed by atoms with E-state index in [1.54, 1.807) is 9.96 Å². The molecule has 6 heteroatoms. The zero-order valence-corrected chi connectivity index (χ0v) is 10.1. The van der Waals surface area contributed by atoms with Crippen LogP contribution in [0.15, 0.2) is 6.07 Å². The molecule has 0 N–H and O–H groups in total. The molecule has 92 valence electrons. The van der Waals surface area contributed by atoms with E-state index in [0.717, 1.165) is 17.8 Å². The van der Waals surface area contributed by atoms with E-state index in [2.05, 4.69) is 9.97 Å². The number of carbonyl (C=O) groups is 1. The van der Waals surface area contributed by atoms with Crippen LogP contribution < -0.4 is 5.06 Å². The molecule has 0 bridgehead atoms. The maximum atomic E-state index is 10.7. The van der Waals surface area contributed by atoms with Gasteiger partial charge in [-0.3, -0.25) is 9.63 Å². The SMILES string of the molecule is Cc1cc(C)nc(N2CCN(C=O)CCO2)n1. The summed E-state index contributed by atoms with van der Waals surface area (Å²) >= 11 is 0. The van der Waals surface area contributed by atoms with Gasteiger partial charge in [-0.15, -0.1) is 0 Å². The van der Waals surface area contributed by atoms with Gasteiger partial charge < -0.3 is 4.90 Å². The predicted molar refractivity (Wildman–Crippen MR) is 62.4 cm³/mol. The highest BCUT2D eigenvalue weighted by atomic mass is 16.7. The third-order valence-corrected chi connectivity index (χ3v) is 2.56. The van der Waals surface area contributed by atoms with Crippen molar-refractivity contribution in [1.82, 2.24) is 14.9 Å². The Morgan fingerprint density at radius 1 is 1.24 bits per heavy atom. The third kappa shape index (κ3) is 2.91. The Labute approximate surface area is 100 Å². The van der Waals surface area contributed by atoms with E-state index >= 15 is 0 Å². The van der Waals surface area contributed by atoms with Gasteiger partial charge in [-0.05, 0) is 19.9 Å². The lowest BCUT2D eigenvalue weighted by molar-refractivity contribution is -0.118. The van der Waals surface area contributed by atoms with Crippen molar-refractivity contribution < 1.29 is 9.63 Å². The van der Waals surface area contributed by atoms with E-state index in [9.17, 15) is 4.79 Å². The smallest absolute Gasteiger partial charge is 0.250 e. The Kier molecular flexibility index (Phi) is 3.53. The Bertz CT molecular complexity index is 390. The minimum atomic E-state index is 0.467. The molecule has 0 radical (unpaired) electrons. The van der Waals surface area contributed by atoms with Crippen molar-refractivity contribution in [3.63, 3.8) is 0 Å². The minimum Gasteiger partial charge on any atom is -0.341 e. The van der Waals surface area contributed by atoms with E-state index < -0.39 is 0 Å². The molecule has 1 aromatic rings. The maximum absolute atomic E-state index is 10.7. The van der Waals surface area contributed by atoms with Crippen LogP contribution in [0.25, 0.3) is 0 Å². The number of amides is 1. The first-order valence-electron chi connectivity index (χ1n) is 5.61. The molecule has 0 unspecified atom stereocenters. The van der Waals surface area contributed by atoms with E-state index in [0.29, 0.717) is 32.2 Å². The lowest BCUT2D eigenvalue weighted by Crippen LogP contribution is -2.30. The lowest BCUT2D eigenvalue weighted by atomic mass is 10.3.